The van der Waals surface area contributed by atoms with Crippen LogP contribution in [-0.4, -0.2) is 48.1 Å². The van der Waals surface area contributed by atoms with Gasteiger partial charge in [-0.25, -0.2) is 0 Å². The van der Waals surface area contributed by atoms with Crippen molar-refractivity contribution in [3.63, 3.8) is 0 Å². The molecule has 0 aromatic heterocycles. The van der Waals surface area contributed by atoms with E-state index in [1.807, 2.05) is 0 Å². The normalized spacial score (nSPS) is 28.9. The van der Waals surface area contributed by atoms with Gasteiger partial charge in [-0.2, -0.15) is 0 Å². The van der Waals surface area contributed by atoms with Gasteiger partial charge in [0.2, 0.25) is 0 Å². The number of aliphatic carboxylic acids is 1. The summed E-state index contributed by atoms with van der Waals surface area (Å²) in [5, 5.41) is 9.36. The molecule has 2 aliphatic heterocycles. The molecule has 5 nitrogen and oxygen atoms in total. The zero-order valence-electron chi connectivity index (χ0n) is 12.1. The van der Waals surface area contributed by atoms with Crippen molar-refractivity contribution < 1.29 is 19.4 Å². The van der Waals surface area contributed by atoms with Crippen LogP contribution in [0.3, 0.4) is 0 Å². The number of rotatable bonds is 3. The first kappa shape index (κ1) is 13.9. The van der Waals surface area contributed by atoms with Gasteiger partial charge in [0.15, 0.2) is 5.79 Å². The average Bonchev–Trinajstić information content (AvgIpc) is 2.86. The van der Waals surface area contributed by atoms with Gasteiger partial charge in [0.1, 0.15) is 0 Å². The van der Waals surface area contributed by atoms with Crippen LogP contribution in [0.15, 0.2) is 11.3 Å². The fraction of sp³-hybridized carbons (Fsp3) is 0.800. The number of hydrogen-bond donors (Lipinski definition) is 1. The van der Waals surface area contributed by atoms with Crippen LogP contribution in [0.5, 0.6) is 0 Å². The van der Waals surface area contributed by atoms with Crippen molar-refractivity contribution in [3.05, 3.63) is 11.3 Å². The van der Waals surface area contributed by atoms with Gasteiger partial charge in [-0.05, 0) is 24.8 Å². The predicted octanol–water partition coefficient (Wildman–Crippen LogP) is 1.98. The van der Waals surface area contributed by atoms with Crippen LogP contribution in [0.25, 0.3) is 0 Å². The highest BCUT2D eigenvalue weighted by molar-refractivity contribution is 5.71. The molecule has 3 aliphatic rings. The molecule has 1 N–H and O–H groups in total. The number of allylic oxidation sites excluding steroid dienone is 1. The summed E-state index contributed by atoms with van der Waals surface area (Å²) in [5.74, 6) is -1.45. The van der Waals surface area contributed by atoms with Gasteiger partial charge in [-0.1, -0.05) is 6.92 Å². The van der Waals surface area contributed by atoms with E-state index in [4.69, 9.17) is 9.47 Å². The van der Waals surface area contributed by atoms with E-state index in [9.17, 15) is 9.90 Å². The Balaban J connectivity index is 1.83. The summed E-state index contributed by atoms with van der Waals surface area (Å²) < 4.78 is 11.6. The predicted molar refractivity (Wildman–Crippen MR) is 73.1 cm³/mol. The molecular weight excluding hydrogens is 258 g/mol. The molecule has 0 aromatic carbocycles. The second kappa shape index (κ2) is 5.37. The summed E-state index contributed by atoms with van der Waals surface area (Å²) in [4.78, 5) is 13.7. The van der Waals surface area contributed by atoms with E-state index in [2.05, 4.69) is 11.8 Å². The molecule has 1 aliphatic carbocycles. The highest BCUT2D eigenvalue weighted by atomic mass is 16.7. The largest absolute Gasteiger partial charge is 0.481 e. The van der Waals surface area contributed by atoms with Crippen LogP contribution in [-0.2, 0) is 14.3 Å². The average molecular weight is 281 g/mol. The van der Waals surface area contributed by atoms with Gasteiger partial charge in [-0.3, -0.25) is 4.79 Å². The number of nitrogens with zero attached hydrogens (tertiary/aromatic N) is 1. The van der Waals surface area contributed by atoms with Crippen molar-refractivity contribution in [2.45, 2.75) is 44.8 Å². The van der Waals surface area contributed by atoms with Crippen LogP contribution >= 0.6 is 0 Å². The fourth-order valence-electron chi connectivity index (χ4n) is 3.72. The Morgan fingerprint density at radius 3 is 2.85 bits per heavy atom. The van der Waals surface area contributed by atoms with E-state index in [-0.39, 0.29) is 5.92 Å². The van der Waals surface area contributed by atoms with E-state index in [0.717, 1.165) is 32.2 Å². The lowest BCUT2D eigenvalue weighted by Gasteiger charge is -2.43. The quantitative estimate of drug-likeness (QED) is 0.857. The molecule has 2 heterocycles. The van der Waals surface area contributed by atoms with Gasteiger partial charge in [-0.15, -0.1) is 0 Å². The molecule has 5 heteroatoms. The topological polar surface area (TPSA) is 59.0 Å². The third kappa shape index (κ3) is 2.44. The molecule has 1 saturated heterocycles. The third-order valence-electron chi connectivity index (χ3n) is 4.61. The lowest BCUT2D eigenvalue weighted by atomic mass is 9.81. The first-order valence-electron chi connectivity index (χ1n) is 7.60. The smallest absolute Gasteiger partial charge is 0.308 e. The molecule has 112 valence electrons. The molecule has 0 saturated carbocycles. The summed E-state index contributed by atoms with van der Waals surface area (Å²) in [7, 11) is 0. The van der Waals surface area contributed by atoms with Gasteiger partial charge in [0, 0.05) is 31.6 Å². The number of carboxylic acids is 1. The van der Waals surface area contributed by atoms with E-state index < -0.39 is 11.8 Å². The van der Waals surface area contributed by atoms with Crippen molar-refractivity contribution in [2.24, 2.45) is 5.92 Å². The molecule has 0 bridgehead atoms. The van der Waals surface area contributed by atoms with Crippen LogP contribution in [0.1, 0.15) is 39.0 Å². The van der Waals surface area contributed by atoms with E-state index >= 15 is 0 Å². The minimum absolute atomic E-state index is 0.295. The second-order valence-electron chi connectivity index (χ2n) is 6.02. The summed E-state index contributed by atoms with van der Waals surface area (Å²) in [6.45, 7) is 5.04. The Morgan fingerprint density at radius 2 is 2.20 bits per heavy atom. The van der Waals surface area contributed by atoms with Gasteiger partial charge < -0.3 is 19.5 Å². The van der Waals surface area contributed by atoms with Gasteiger partial charge >= 0.3 is 5.97 Å². The van der Waals surface area contributed by atoms with Gasteiger partial charge in [0.05, 0.1) is 19.1 Å². The van der Waals surface area contributed by atoms with Crippen molar-refractivity contribution in [1.29, 1.82) is 0 Å². The number of carbonyl (C=O) groups is 1. The van der Waals surface area contributed by atoms with Crippen molar-refractivity contribution in [1.82, 2.24) is 4.90 Å². The zero-order chi connectivity index (χ0) is 14.2. The Kier molecular flexibility index (Phi) is 3.73. The standard InChI is InChI=1S/C15H23NO4/c1-2-5-16-10-12(14(17)18)8-11-9-15(4-3-13(11)16)19-6-7-20-15/h12H,2-10H2,1H3,(H,17,18). The summed E-state index contributed by atoms with van der Waals surface area (Å²) in [6.07, 6.45) is 4.28. The van der Waals surface area contributed by atoms with E-state index in [1.54, 1.807) is 0 Å². The molecule has 0 amide bonds. The van der Waals surface area contributed by atoms with Crippen molar-refractivity contribution >= 4 is 5.97 Å². The number of carboxylic acid groups (broad SMARTS) is 1. The fourth-order valence-corrected chi connectivity index (χ4v) is 3.72. The SMILES string of the molecule is CCCN1CC(C(=O)O)CC2=C1CCC1(C2)OCCO1. The molecule has 0 radical (unpaired) electrons. The third-order valence-corrected chi connectivity index (χ3v) is 4.61. The van der Waals surface area contributed by atoms with Crippen molar-refractivity contribution in [2.75, 3.05) is 26.3 Å². The minimum atomic E-state index is -0.689. The number of ether oxygens (including phenoxy) is 2. The summed E-state index contributed by atoms with van der Waals surface area (Å²) in [5.41, 5.74) is 2.60. The van der Waals surface area contributed by atoms with Crippen LogP contribution in [0.2, 0.25) is 0 Å². The maximum atomic E-state index is 11.4. The first-order valence-corrected chi connectivity index (χ1v) is 7.60. The molecule has 1 atom stereocenters. The molecule has 1 fully saturated rings. The Morgan fingerprint density at radius 1 is 1.45 bits per heavy atom. The molecule has 20 heavy (non-hydrogen) atoms. The van der Waals surface area contributed by atoms with Crippen LogP contribution < -0.4 is 0 Å². The Bertz CT molecular complexity index is 426. The number of hydrogen-bond acceptors (Lipinski definition) is 4. The van der Waals surface area contributed by atoms with Crippen LogP contribution in [0.4, 0.5) is 0 Å². The lowest BCUT2D eigenvalue weighted by Crippen LogP contribution is -2.43. The molecule has 0 aromatic rings. The second-order valence-corrected chi connectivity index (χ2v) is 6.02. The summed E-state index contributed by atoms with van der Waals surface area (Å²) in [6, 6.07) is 0. The van der Waals surface area contributed by atoms with Crippen LogP contribution in [0, 0.1) is 5.92 Å². The molecule has 3 rings (SSSR count). The maximum Gasteiger partial charge on any atom is 0.308 e. The lowest BCUT2D eigenvalue weighted by molar-refractivity contribution is -0.167. The van der Waals surface area contributed by atoms with Crippen molar-refractivity contribution in [3.8, 4) is 0 Å². The first-order chi connectivity index (χ1) is 9.63. The van der Waals surface area contributed by atoms with Gasteiger partial charge in [0.25, 0.3) is 0 Å². The Hall–Kier alpha value is -1.07. The van der Waals surface area contributed by atoms with E-state index in [0.29, 0.717) is 26.2 Å². The maximum absolute atomic E-state index is 11.4. The zero-order valence-corrected chi connectivity index (χ0v) is 12.1. The monoisotopic (exact) mass is 281 g/mol. The highest BCUT2D eigenvalue weighted by Crippen LogP contribution is 2.44. The highest BCUT2D eigenvalue weighted by Gasteiger charge is 2.44. The van der Waals surface area contributed by atoms with E-state index in [1.165, 1.54) is 11.3 Å². The minimum Gasteiger partial charge on any atom is -0.481 e. The molecular formula is C15H23NO4. The molecule has 1 spiro atoms. The Labute approximate surface area is 119 Å². The summed E-state index contributed by atoms with van der Waals surface area (Å²) >= 11 is 0. The molecule has 1 unspecified atom stereocenters.